The molecule has 2 saturated heterocycles. The Hall–Kier alpha value is -0.0800. The quantitative estimate of drug-likeness (QED) is 0.601. The van der Waals surface area contributed by atoms with Crippen LogP contribution in [0.1, 0.15) is 40.0 Å². The Morgan fingerprint density at radius 1 is 1.42 bits per heavy atom. The van der Waals surface area contributed by atoms with E-state index in [0.717, 1.165) is 13.2 Å². The van der Waals surface area contributed by atoms with E-state index in [4.69, 9.17) is 4.74 Å². The van der Waals surface area contributed by atoms with E-state index in [-0.39, 0.29) is 5.60 Å². The van der Waals surface area contributed by atoms with Crippen molar-refractivity contribution < 1.29 is 4.74 Å². The molecule has 0 radical (unpaired) electrons. The van der Waals surface area contributed by atoms with Crippen LogP contribution in [-0.4, -0.2) is 24.8 Å². The third-order valence-electron chi connectivity index (χ3n) is 2.64. The molecule has 12 heavy (non-hydrogen) atoms. The first-order valence-corrected chi connectivity index (χ1v) is 5.18. The van der Waals surface area contributed by atoms with Crippen LogP contribution in [-0.2, 0) is 4.74 Å². The van der Waals surface area contributed by atoms with E-state index < -0.39 is 0 Å². The molecule has 2 atom stereocenters. The SMILES string of the molecule is CC.CC1CC2(CCCO2)CN1. The molecule has 2 aliphatic rings. The predicted molar refractivity (Wildman–Crippen MR) is 51.3 cm³/mol. The van der Waals surface area contributed by atoms with E-state index in [1.54, 1.807) is 0 Å². The largest absolute Gasteiger partial charge is 0.374 e. The maximum atomic E-state index is 5.71. The van der Waals surface area contributed by atoms with Gasteiger partial charge < -0.3 is 10.1 Å². The van der Waals surface area contributed by atoms with Gasteiger partial charge in [-0.2, -0.15) is 0 Å². The minimum atomic E-state index is 0.249. The summed E-state index contributed by atoms with van der Waals surface area (Å²) in [5.74, 6) is 0. The molecule has 0 aromatic heterocycles. The third-order valence-corrected chi connectivity index (χ3v) is 2.64. The Morgan fingerprint density at radius 3 is 2.58 bits per heavy atom. The van der Waals surface area contributed by atoms with Gasteiger partial charge in [-0.1, -0.05) is 13.8 Å². The highest BCUT2D eigenvalue weighted by molar-refractivity contribution is 4.96. The van der Waals surface area contributed by atoms with Crippen molar-refractivity contribution >= 4 is 0 Å². The molecule has 72 valence electrons. The number of rotatable bonds is 0. The molecule has 1 N–H and O–H groups in total. The number of hydrogen-bond donors (Lipinski definition) is 1. The predicted octanol–water partition coefficient (Wildman–Crippen LogP) is 1.94. The Labute approximate surface area is 75.7 Å². The molecule has 0 amide bonds. The van der Waals surface area contributed by atoms with Crippen LogP contribution in [0.5, 0.6) is 0 Å². The summed E-state index contributed by atoms with van der Waals surface area (Å²) in [5, 5.41) is 3.43. The van der Waals surface area contributed by atoms with Gasteiger partial charge in [0.15, 0.2) is 0 Å². The summed E-state index contributed by atoms with van der Waals surface area (Å²) in [7, 11) is 0. The van der Waals surface area contributed by atoms with Crippen LogP contribution in [0.2, 0.25) is 0 Å². The monoisotopic (exact) mass is 171 g/mol. The van der Waals surface area contributed by atoms with Crippen molar-refractivity contribution in [2.24, 2.45) is 0 Å². The highest BCUT2D eigenvalue weighted by Crippen LogP contribution is 2.33. The first kappa shape index (κ1) is 10.0. The van der Waals surface area contributed by atoms with Gasteiger partial charge in [-0.3, -0.25) is 0 Å². The smallest absolute Gasteiger partial charge is 0.0821 e. The van der Waals surface area contributed by atoms with Crippen molar-refractivity contribution in [2.45, 2.75) is 51.7 Å². The highest BCUT2D eigenvalue weighted by Gasteiger charge is 2.40. The van der Waals surface area contributed by atoms with Crippen LogP contribution in [0.25, 0.3) is 0 Å². The third kappa shape index (κ3) is 1.99. The molecule has 2 rings (SSSR count). The van der Waals surface area contributed by atoms with Crippen LogP contribution < -0.4 is 5.32 Å². The average molecular weight is 171 g/mol. The normalized spacial score (nSPS) is 39.8. The molecular weight excluding hydrogens is 150 g/mol. The van der Waals surface area contributed by atoms with Gasteiger partial charge in [0.05, 0.1) is 5.60 Å². The van der Waals surface area contributed by atoms with E-state index in [0.29, 0.717) is 6.04 Å². The lowest BCUT2D eigenvalue weighted by Gasteiger charge is -2.20. The maximum Gasteiger partial charge on any atom is 0.0821 e. The summed E-state index contributed by atoms with van der Waals surface area (Å²) in [4.78, 5) is 0. The van der Waals surface area contributed by atoms with Gasteiger partial charge in [0.1, 0.15) is 0 Å². The lowest BCUT2D eigenvalue weighted by Crippen LogP contribution is -2.29. The van der Waals surface area contributed by atoms with Crippen molar-refractivity contribution in [1.82, 2.24) is 5.32 Å². The summed E-state index contributed by atoms with van der Waals surface area (Å²) in [5.41, 5.74) is 0.249. The van der Waals surface area contributed by atoms with Crippen LogP contribution in [0.3, 0.4) is 0 Å². The molecule has 2 nitrogen and oxygen atoms in total. The molecule has 0 aromatic carbocycles. The number of nitrogens with one attached hydrogen (secondary N) is 1. The summed E-state index contributed by atoms with van der Waals surface area (Å²) in [6.45, 7) is 8.29. The van der Waals surface area contributed by atoms with E-state index in [9.17, 15) is 0 Å². The fourth-order valence-corrected chi connectivity index (χ4v) is 2.12. The standard InChI is InChI=1S/C8H15NO.C2H6/c1-7-5-8(6-9-7)3-2-4-10-8;1-2/h7,9H,2-6H2,1H3;1-2H3. The Morgan fingerprint density at radius 2 is 2.17 bits per heavy atom. The highest BCUT2D eigenvalue weighted by atomic mass is 16.5. The molecule has 1 spiro atoms. The molecule has 0 bridgehead atoms. The molecule has 2 unspecified atom stereocenters. The van der Waals surface area contributed by atoms with Crippen molar-refractivity contribution in [1.29, 1.82) is 0 Å². The van der Waals surface area contributed by atoms with Crippen LogP contribution in [0.4, 0.5) is 0 Å². The molecule has 2 heteroatoms. The Kier molecular flexibility index (Phi) is 3.53. The average Bonchev–Trinajstić information content (AvgIpc) is 2.68. The second kappa shape index (κ2) is 4.24. The van der Waals surface area contributed by atoms with Crippen LogP contribution in [0, 0.1) is 0 Å². The van der Waals surface area contributed by atoms with E-state index in [1.165, 1.54) is 19.3 Å². The first-order chi connectivity index (χ1) is 5.81. The lowest BCUT2D eigenvalue weighted by atomic mass is 9.97. The van der Waals surface area contributed by atoms with Gasteiger partial charge >= 0.3 is 0 Å². The van der Waals surface area contributed by atoms with Gasteiger partial charge in [-0.25, -0.2) is 0 Å². The number of ether oxygens (including phenoxy) is 1. The van der Waals surface area contributed by atoms with Gasteiger partial charge in [-0.15, -0.1) is 0 Å². The molecular formula is C10H21NO. The molecule has 2 aliphatic heterocycles. The van der Waals surface area contributed by atoms with Crippen molar-refractivity contribution in [3.8, 4) is 0 Å². The van der Waals surface area contributed by atoms with Crippen molar-refractivity contribution in [3.05, 3.63) is 0 Å². The topological polar surface area (TPSA) is 21.3 Å². The fourth-order valence-electron chi connectivity index (χ4n) is 2.12. The second-order valence-corrected chi connectivity index (χ2v) is 3.62. The van der Waals surface area contributed by atoms with E-state index in [1.807, 2.05) is 13.8 Å². The number of hydrogen-bond acceptors (Lipinski definition) is 2. The Bertz CT molecular complexity index is 130. The molecule has 0 aromatic rings. The zero-order chi connectivity index (χ0) is 9.03. The zero-order valence-electron chi connectivity index (χ0n) is 8.52. The maximum absolute atomic E-state index is 5.71. The fraction of sp³-hybridized carbons (Fsp3) is 1.00. The summed E-state index contributed by atoms with van der Waals surface area (Å²) < 4.78 is 5.71. The van der Waals surface area contributed by atoms with Gasteiger partial charge in [-0.05, 0) is 26.2 Å². The van der Waals surface area contributed by atoms with E-state index >= 15 is 0 Å². The van der Waals surface area contributed by atoms with E-state index in [2.05, 4.69) is 12.2 Å². The first-order valence-electron chi connectivity index (χ1n) is 5.18. The zero-order valence-corrected chi connectivity index (χ0v) is 8.52. The van der Waals surface area contributed by atoms with Crippen molar-refractivity contribution in [3.63, 3.8) is 0 Å². The second-order valence-electron chi connectivity index (χ2n) is 3.62. The summed E-state index contributed by atoms with van der Waals surface area (Å²) >= 11 is 0. The summed E-state index contributed by atoms with van der Waals surface area (Å²) in [6, 6.07) is 0.665. The van der Waals surface area contributed by atoms with Crippen molar-refractivity contribution in [2.75, 3.05) is 13.2 Å². The molecule has 2 fully saturated rings. The van der Waals surface area contributed by atoms with Gasteiger partial charge in [0, 0.05) is 19.2 Å². The molecule has 2 heterocycles. The van der Waals surface area contributed by atoms with Crippen LogP contribution in [0.15, 0.2) is 0 Å². The van der Waals surface area contributed by atoms with Gasteiger partial charge in [0.25, 0.3) is 0 Å². The molecule has 0 saturated carbocycles. The van der Waals surface area contributed by atoms with Gasteiger partial charge in [0.2, 0.25) is 0 Å². The molecule has 0 aliphatic carbocycles. The Balaban J connectivity index is 0.000000336. The summed E-state index contributed by atoms with van der Waals surface area (Å²) in [6.07, 6.45) is 3.74. The minimum absolute atomic E-state index is 0.249. The minimum Gasteiger partial charge on any atom is -0.374 e. The van der Waals surface area contributed by atoms with Crippen LogP contribution >= 0.6 is 0 Å². The lowest BCUT2D eigenvalue weighted by molar-refractivity contribution is 0.0200.